The van der Waals surface area contributed by atoms with Crippen LogP contribution in [0.1, 0.15) is 43.4 Å². The molecule has 1 fully saturated rings. The zero-order chi connectivity index (χ0) is 17.5. The van der Waals surface area contributed by atoms with Crippen LogP contribution in [0.15, 0.2) is 59.6 Å². The topological polar surface area (TPSA) is 45.7 Å². The quantitative estimate of drug-likeness (QED) is 0.371. The number of ether oxygens (including phenoxy) is 1. The van der Waals surface area contributed by atoms with E-state index in [-0.39, 0.29) is 30.0 Å². The molecule has 1 aliphatic carbocycles. The van der Waals surface area contributed by atoms with E-state index in [9.17, 15) is 0 Å². The van der Waals surface area contributed by atoms with Crippen LogP contribution < -0.4 is 15.4 Å². The first kappa shape index (κ1) is 20.6. The molecule has 1 atom stereocenters. The molecule has 2 aromatic carbocycles. The van der Waals surface area contributed by atoms with Crippen molar-refractivity contribution in [3.63, 3.8) is 0 Å². The third-order valence-electron chi connectivity index (χ3n) is 4.64. The van der Waals surface area contributed by atoms with Gasteiger partial charge in [-0.25, -0.2) is 0 Å². The SMILES string of the molecule is CN=C(NCc1ccccc1OC1CCC1)NC(C)c1ccccc1.I. The summed E-state index contributed by atoms with van der Waals surface area (Å²) in [4.78, 5) is 4.34. The Kier molecular flexibility index (Phi) is 8.22. The van der Waals surface area contributed by atoms with Crippen molar-refractivity contribution in [3.05, 3.63) is 65.7 Å². The fourth-order valence-electron chi connectivity index (χ4n) is 2.84. The van der Waals surface area contributed by atoms with Gasteiger partial charge in [-0.1, -0.05) is 48.5 Å². The van der Waals surface area contributed by atoms with Gasteiger partial charge < -0.3 is 15.4 Å². The van der Waals surface area contributed by atoms with E-state index in [4.69, 9.17) is 4.74 Å². The zero-order valence-electron chi connectivity index (χ0n) is 15.4. The van der Waals surface area contributed by atoms with Crippen LogP contribution in [0.3, 0.4) is 0 Å². The molecular weight excluding hydrogens is 437 g/mol. The number of nitrogens with one attached hydrogen (secondary N) is 2. The minimum absolute atomic E-state index is 0. The van der Waals surface area contributed by atoms with Gasteiger partial charge in [0.15, 0.2) is 5.96 Å². The van der Waals surface area contributed by atoms with Gasteiger partial charge in [0.1, 0.15) is 5.75 Å². The lowest BCUT2D eigenvalue weighted by molar-refractivity contribution is 0.119. The summed E-state index contributed by atoms with van der Waals surface area (Å²) in [7, 11) is 1.80. The molecule has 0 saturated heterocycles. The van der Waals surface area contributed by atoms with Crippen LogP contribution in [-0.4, -0.2) is 19.1 Å². The van der Waals surface area contributed by atoms with E-state index in [0.717, 1.165) is 17.3 Å². The highest BCUT2D eigenvalue weighted by atomic mass is 127. The van der Waals surface area contributed by atoms with E-state index in [1.807, 2.05) is 18.2 Å². The summed E-state index contributed by atoms with van der Waals surface area (Å²) >= 11 is 0. The average Bonchev–Trinajstić information content (AvgIpc) is 2.63. The Morgan fingerprint density at radius 3 is 2.46 bits per heavy atom. The van der Waals surface area contributed by atoms with Gasteiger partial charge in [0.05, 0.1) is 12.1 Å². The first-order valence-corrected chi connectivity index (χ1v) is 9.03. The Hall–Kier alpha value is -1.76. The molecule has 4 nitrogen and oxygen atoms in total. The van der Waals surface area contributed by atoms with Crippen molar-refractivity contribution >= 4 is 29.9 Å². The second-order valence-corrected chi connectivity index (χ2v) is 6.48. The highest BCUT2D eigenvalue weighted by Gasteiger charge is 2.20. The number of para-hydroxylation sites is 1. The van der Waals surface area contributed by atoms with Crippen LogP contribution in [0.25, 0.3) is 0 Å². The molecule has 0 aliphatic heterocycles. The van der Waals surface area contributed by atoms with E-state index in [2.05, 4.69) is 58.9 Å². The molecule has 0 heterocycles. The summed E-state index contributed by atoms with van der Waals surface area (Å²) in [5.41, 5.74) is 2.39. The second-order valence-electron chi connectivity index (χ2n) is 6.48. The molecule has 0 spiro atoms. The monoisotopic (exact) mass is 465 g/mol. The molecule has 0 aromatic heterocycles. The highest BCUT2D eigenvalue weighted by molar-refractivity contribution is 14.0. The molecule has 0 amide bonds. The Morgan fingerprint density at radius 1 is 1.12 bits per heavy atom. The zero-order valence-corrected chi connectivity index (χ0v) is 17.8. The molecule has 0 radical (unpaired) electrons. The van der Waals surface area contributed by atoms with E-state index < -0.39 is 0 Å². The largest absolute Gasteiger partial charge is 0.490 e. The molecule has 0 bridgehead atoms. The standard InChI is InChI=1S/C21H27N3O.HI/c1-16(17-9-4-3-5-10-17)24-21(22-2)23-15-18-11-6-7-14-20(18)25-19-12-8-13-19;/h3-7,9-11,14,16,19H,8,12-13,15H2,1-2H3,(H2,22,23,24);1H. The minimum Gasteiger partial charge on any atom is -0.490 e. The van der Waals surface area contributed by atoms with Gasteiger partial charge in [0, 0.05) is 19.2 Å². The number of halogens is 1. The Bertz CT molecular complexity index is 701. The first-order valence-electron chi connectivity index (χ1n) is 9.03. The number of benzene rings is 2. The fourth-order valence-corrected chi connectivity index (χ4v) is 2.84. The lowest BCUT2D eigenvalue weighted by Gasteiger charge is -2.27. The Balaban J connectivity index is 0.00000243. The Labute approximate surface area is 173 Å². The number of rotatable bonds is 6. The van der Waals surface area contributed by atoms with Gasteiger partial charge in [0.2, 0.25) is 0 Å². The van der Waals surface area contributed by atoms with Crippen LogP contribution in [0.5, 0.6) is 5.75 Å². The van der Waals surface area contributed by atoms with Crippen LogP contribution >= 0.6 is 24.0 Å². The number of nitrogens with zero attached hydrogens (tertiary/aromatic N) is 1. The summed E-state index contributed by atoms with van der Waals surface area (Å²) in [6.45, 7) is 2.82. The molecule has 1 saturated carbocycles. The third-order valence-corrected chi connectivity index (χ3v) is 4.64. The summed E-state index contributed by atoms with van der Waals surface area (Å²) in [6, 6.07) is 18.8. The number of aliphatic imine (C=N–C) groups is 1. The first-order chi connectivity index (χ1) is 12.3. The molecule has 1 unspecified atom stereocenters. The van der Waals surface area contributed by atoms with Gasteiger partial charge >= 0.3 is 0 Å². The van der Waals surface area contributed by atoms with Crippen molar-refractivity contribution in [1.29, 1.82) is 0 Å². The van der Waals surface area contributed by atoms with Crippen LogP contribution in [0, 0.1) is 0 Å². The smallest absolute Gasteiger partial charge is 0.191 e. The lowest BCUT2D eigenvalue weighted by Crippen LogP contribution is -2.38. The molecule has 2 N–H and O–H groups in total. The summed E-state index contributed by atoms with van der Waals surface area (Å²) < 4.78 is 6.10. The van der Waals surface area contributed by atoms with Crippen molar-refractivity contribution < 1.29 is 4.74 Å². The molecule has 5 heteroatoms. The fraction of sp³-hybridized carbons (Fsp3) is 0.381. The van der Waals surface area contributed by atoms with Crippen molar-refractivity contribution in [2.45, 2.75) is 44.9 Å². The summed E-state index contributed by atoms with van der Waals surface area (Å²) in [5, 5.41) is 6.83. The summed E-state index contributed by atoms with van der Waals surface area (Å²) in [5.74, 6) is 1.76. The van der Waals surface area contributed by atoms with Gasteiger partial charge in [-0.2, -0.15) is 0 Å². The minimum atomic E-state index is 0. The highest BCUT2D eigenvalue weighted by Crippen LogP contribution is 2.27. The van der Waals surface area contributed by atoms with Crippen molar-refractivity contribution in [3.8, 4) is 5.75 Å². The second kappa shape index (κ2) is 10.4. The Morgan fingerprint density at radius 2 is 1.81 bits per heavy atom. The lowest BCUT2D eigenvalue weighted by atomic mass is 9.96. The van der Waals surface area contributed by atoms with Crippen molar-refractivity contribution in [1.82, 2.24) is 10.6 Å². The van der Waals surface area contributed by atoms with Crippen molar-refractivity contribution in [2.75, 3.05) is 7.05 Å². The average molecular weight is 465 g/mol. The van der Waals surface area contributed by atoms with Crippen molar-refractivity contribution in [2.24, 2.45) is 4.99 Å². The van der Waals surface area contributed by atoms with E-state index in [1.54, 1.807) is 7.05 Å². The van der Waals surface area contributed by atoms with Gasteiger partial charge in [-0.15, -0.1) is 24.0 Å². The maximum Gasteiger partial charge on any atom is 0.191 e. The number of guanidine groups is 1. The predicted octanol–water partition coefficient (Wildman–Crippen LogP) is 4.66. The molecular formula is C21H28IN3O. The number of hydrogen-bond acceptors (Lipinski definition) is 2. The van der Waals surface area contributed by atoms with Crippen LogP contribution in [-0.2, 0) is 6.54 Å². The normalized spacial score (nSPS) is 15.4. The summed E-state index contributed by atoms with van der Waals surface area (Å²) in [6.07, 6.45) is 4.00. The van der Waals surface area contributed by atoms with Crippen LogP contribution in [0.4, 0.5) is 0 Å². The third kappa shape index (κ3) is 5.62. The molecule has 26 heavy (non-hydrogen) atoms. The predicted molar refractivity (Wildman–Crippen MR) is 118 cm³/mol. The van der Waals surface area contributed by atoms with Gasteiger partial charge in [0.25, 0.3) is 0 Å². The molecule has 2 aromatic rings. The number of hydrogen-bond donors (Lipinski definition) is 2. The maximum absolute atomic E-state index is 6.10. The van der Waals surface area contributed by atoms with E-state index in [0.29, 0.717) is 12.6 Å². The molecule has 1 aliphatic rings. The molecule has 3 rings (SSSR count). The van der Waals surface area contributed by atoms with Gasteiger partial charge in [-0.05, 0) is 37.8 Å². The van der Waals surface area contributed by atoms with Gasteiger partial charge in [-0.3, -0.25) is 4.99 Å². The van der Waals surface area contributed by atoms with E-state index in [1.165, 1.54) is 24.8 Å². The molecule has 140 valence electrons. The maximum atomic E-state index is 6.10. The van der Waals surface area contributed by atoms with E-state index >= 15 is 0 Å². The van der Waals surface area contributed by atoms with Crippen LogP contribution in [0.2, 0.25) is 0 Å².